The van der Waals surface area contributed by atoms with Gasteiger partial charge in [-0.05, 0) is 55.8 Å². The highest BCUT2D eigenvalue weighted by Crippen LogP contribution is 2.60. The Balaban J connectivity index is 2.31. The molecule has 2 rings (SSSR count). The molecule has 2 N–H and O–H groups in total. The van der Waals surface area contributed by atoms with E-state index in [1.807, 2.05) is 0 Å². The quantitative estimate of drug-likeness (QED) is 0.299. The molecule has 2 aromatic carbocycles. The van der Waals surface area contributed by atoms with E-state index in [0.29, 0.717) is 11.3 Å². The van der Waals surface area contributed by atoms with E-state index in [9.17, 15) is 22.8 Å². The van der Waals surface area contributed by atoms with Crippen LogP contribution < -0.4 is 10.1 Å². The molecule has 2 unspecified atom stereocenters. The highest BCUT2D eigenvalue weighted by Gasteiger charge is 2.42. The summed E-state index contributed by atoms with van der Waals surface area (Å²) in [4.78, 5) is 0. The molecule has 0 radical (unpaired) electrons. The zero-order chi connectivity index (χ0) is 22.4. The number of phenols is 1. The lowest BCUT2D eigenvalue weighted by molar-refractivity contribution is -0.199. The van der Waals surface area contributed by atoms with Crippen molar-refractivity contribution in [2.45, 2.75) is 31.4 Å². The number of ether oxygens (including phenoxy) is 1. The molecule has 0 heterocycles. The number of hydrogen-bond acceptors (Lipinski definition) is 6. The molecule has 11 heteroatoms. The summed E-state index contributed by atoms with van der Waals surface area (Å²) in [6.45, 7) is 3.58. The van der Waals surface area contributed by atoms with Crippen molar-refractivity contribution in [1.82, 2.24) is 0 Å². The molecular weight excluding hydrogens is 446 g/mol. The molecule has 0 saturated carbocycles. The Morgan fingerprint density at radius 3 is 2.07 bits per heavy atom. The molecule has 6 nitrogen and oxygen atoms in total. The number of aromatic hydroxyl groups is 1. The van der Waals surface area contributed by atoms with Crippen LogP contribution in [0.1, 0.15) is 25.2 Å². The molecular formula is C19H22ClF3NO5P. The molecule has 0 saturated heterocycles. The van der Waals surface area contributed by atoms with E-state index < -0.39 is 25.1 Å². The first-order valence-corrected chi connectivity index (χ1v) is 11.1. The standard InChI is InChI=1S/C19H22ClF3NO5P/c1-3-27-30(26,28-4-2)17(13-5-9-15(25)10-6-13)24-14-7-11-16(12-8-14)29-19(22,23)18(20)21/h5-12,17-18,24-25H,3-4H2,1-2H3. The first kappa shape index (κ1) is 24.3. The number of alkyl halides is 4. The molecule has 0 spiro atoms. The summed E-state index contributed by atoms with van der Waals surface area (Å²) in [5, 5.41) is 12.5. The lowest BCUT2D eigenvalue weighted by atomic mass is 10.2. The van der Waals surface area contributed by atoms with Crippen LogP contribution in [-0.4, -0.2) is 30.1 Å². The molecule has 166 valence electrons. The fraction of sp³-hybridized carbons (Fsp3) is 0.368. The second kappa shape index (κ2) is 10.4. The van der Waals surface area contributed by atoms with E-state index in [1.165, 1.54) is 36.4 Å². The largest absolute Gasteiger partial charge is 0.508 e. The minimum Gasteiger partial charge on any atom is -0.508 e. The third kappa shape index (κ3) is 6.28. The second-order valence-corrected chi connectivity index (χ2v) is 8.50. The third-order valence-corrected chi connectivity index (χ3v) is 6.36. The Morgan fingerprint density at radius 1 is 1.07 bits per heavy atom. The molecule has 0 fully saturated rings. The molecule has 0 aliphatic heterocycles. The van der Waals surface area contributed by atoms with Crippen LogP contribution in [0.4, 0.5) is 18.9 Å². The predicted molar refractivity (Wildman–Crippen MR) is 108 cm³/mol. The molecule has 2 atom stereocenters. The van der Waals surface area contributed by atoms with Crippen molar-refractivity contribution in [3.8, 4) is 11.5 Å². The number of anilines is 1. The van der Waals surface area contributed by atoms with Crippen LogP contribution in [-0.2, 0) is 13.6 Å². The predicted octanol–water partition coefficient (Wildman–Crippen LogP) is 6.28. The van der Waals surface area contributed by atoms with Crippen molar-refractivity contribution in [1.29, 1.82) is 0 Å². The van der Waals surface area contributed by atoms with Gasteiger partial charge in [-0.1, -0.05) is 23.7 Å². The SMILES string of the molecule is CCOP(=O)(OCC)C(Nc1ccc(OC(F)(F)C(F)Cl)cc1)c1ccc(O)cc1. The summed E-state index contributed by atoms with van der Waals surface area (Å²) in [5.74, 6) is -1.25. The average Bonchev–Trinajstić information content (AvgIpc) is 2.68. The minimum atomic E-state index is -4.19. The van der Waals surface area contributed by atoms with Gasteiger partial charge in [0.2, 0.25) is 0 Å². The van der Waals surface area contributed by atoms with Gasteiger partial charge >= 0.3 is 13.7 Å². The van der Waals surface area contributed by atoms with Crippen LogP contribution in [0.15, 0.2) is 48.5 Å². The van der Waals surface area contributed by atoms with Crippen LogP contribution >= 0.6 is 19.2 Å². The summed E-state index contributed by atoms with van der Waals surface area (Å²) >= 11 is 4.78. The lowest BCUT2D eigenvalue weighted by Gasteiger charge is -2.28. The molecule has 2 aromatic rings. The molecule has 30 heavy (non-hydrogen) atoms. The fourth-order valence-corrected chi connectivity index (χ4v) is 4.51. The van der Waals surface area contributed by atoms with Gasteiger partial charge in [0.05, 0.1) is 13.2 Å². The van der Waals surface area contributed by atoms with Crippen LogP contribution in [0.2, 0.25) is 0 Å². The molecule has 0 aliphatic rings. The number of hydrogen-bond donors (Lipinski definition) is 2. The van der Waals surface area contributed by atoms with Gasteiger partial charge in [0.15, 0.2) is 5.78 Å². The van der Waals surface area contributed by atoms with Crippen LogP contribution in [0.25, 0.3) is 0 Å². The molecule has 0 bridgehead atoms. The lowest BCUT2D eigenvalue weighted by Crippen LogP contribution is -2.32. The Labute approximate surface area is 177 Å². The zero-order valence-electron chi connectivity index (χ0n) is 16.2. The number of benzene rings is 2. The van der Waals surface area contributed by atoms with Crippen molar-refractivity contribution < 1.29 is 36.6 Å². The van der Waals surface area contributed by atoms with Gasteiger partial charge in [0, 0.05) is 5.69 Å². The highest BCUT2D eigenvalue weighted by atomic mass is 35.5. The Kier molecular flexibility index (Phi) is 8.43. The summed E-state index contributed by atoms with van der Waals surface area (Å²) in [6, 6.07) is 11.1. The fourth-order valence-electron chi connectivity index (χ4n) is 2.53. The Hall–Kier alpha value is -1.93. The Bertz CT molecular complexity index is 842. The van der Waals surface area contributed by atoms with Gasteiger partial charge in [0.1, 0.15) is 11.5 Å². The van der Waals surface area contributed by atoms with Crippen LogP contribution in [0, 0.1) is 0 Å². The maximum atomic E-state index is 13.4. The van der Waals surface area contributed by atoms with E-state index in [-0.39, 0.29) is 24.7 Å². The monoisotopic (exact) mass is 467 g/mol. The minimum absolute atomic E-state index is 0.0213. The number of phenolic OH excluding ortho intramolecular Hbond substituents is 1. The average molecular weight is 468 g/mol. The van der Waals surface area contributed by atoms with Gasteiger partial charge in [-0.15, -0.1) is 0 Å². The summed E-state index contributed by atoms with van der Waals surface area (Å²) in [5.41, 5.74) is -2.12. The van der Waals surface area contributed by atoms with Crippen LogP contribution in [0.5, 0.6) is 11.5 Å². The maximum Gasteiger partial charge on any atom is 0.444 e. The number of halogens is 4. The smallest absolute Gasteiger partial charge is 0.444 e. The van der Waals surface area contributed by atoms with Gasteiger partial charge in [-0.3, -0.25) is 4.57 Å². The van der Waals surface area contributed by atoms with E-state index in [0.717, 1.165) is 0 Å². The van der Waals surface area contributed by atoms with Crippen molar-refractivity contribution in [3.05, 3.63) is 54.1 Å². The normalized spacial score (nSPS) is 14.2. The van der Waals surface area contributed by atoms with Gasteiger partial charge < -0.3 is 24.2 Å². The van der Waals surface area contributed by atoms with Gasteiger partial charge in [-0.2, -0.15) is 8.78 Å². The van der Waals surface area contributed by atoms with Crippen molar-refractivity contribution in [3.63, 3.8) is 0 Å². The van der Waals surface area contributed by atoms with E-state index in [2.05, 4.69) is 10.1 Å². The van der Waals surface area contributed by atoms with Crippen molar-refractivity contribution in [2.75, 3.05) is 18.5 Å². The van der Waals surface area contributed by atoms with E-state index >= 15 is 0 Å². The number of nitrogens with one attached hydrogen (secondary N) is 1. The Morgan fingerprint density at radius 2 is 1.60 bits per heavy atom. The zero-order valence-corrected chi connectivity index (χ0v) is 17.9. The molecule has 0 aromatic heterocycles. The van der Waals surface area contributed by atoms with Crippen molar-refractivity contribution >= 4 is 24.9 Å². The topological polar surface area (TPSA) is 77.0 Å². The summed E-state index contributed by atoms with van der Waals surface area (Å²) in [7, 11) is -3.70. The van der Waals surface area contributed by atoms with Gasteiger partial charge in [0.25, 0.3) is 5.63 Å². The van der Waals surface area contributed by atoms with E-state index in [4.69, 9.17) is 20.6 Å². The van der Waals surface area contributed by atoms with Gasteiger partial charge in [-0.25, -0.2) is 4.39 Å². The maximum absolute atomic E-state index is 13.4. The number of rotatable bonds is 11. The van der Waals surface area contributed by atoms with Crippen LogP contribution in [0.3, 0.4) is 0 Å². The highest BCUT2D eigenvalue weighted by molar-refractivity contribution is 7.54. The molecule has 0 aliphatic carbocycles. The second-order valence-electron chi connectivity index (χ2n) is 6.00. The third-order valence-electron chi connectivity index (χ3n) is 3.81. The first-order valence-electron chi connectivity index (χ1n) is 9.00. The van der Waals surface area contributed by atoms with E-state index in [1.54, 1.807) is 26.0 Å². The van der Waals surface area contributed by atoms with Crippen molar-refractivity contribution in [2.24, 2.45) is 0 Å². The first-order chi connectivity index (χ1) is 14.1. The summed E-state index contributed by atoms with van der Waals surface area (Å²) in [6.07, 6.45) is -4.19. The summed E-state index contributed by atoms with van der Waals surface area (Å²) < 4.78 is 67.8. The molecule has 0 amide bonds.